The molecule has 0 radical (unpaired) electrons. The number of hydrogen-bond acceptors (Lipinski definition) is 5. The van der Waals surface area contributed by atoms with Crippen LogP contribution in [-0.4, -0.2) is 57.3 Å². The number of H-pyrrole nitrogens is 1. The number of pyridine rings is 1. The SMILES string of the molecule is N#CCCN1CCN(n2cnc3cnc4[nH]ccc4c32)CC1. The van der Waals surface area contributed by atoms with E-state index in [2.05, 4.69) is 35.6 Å². The molecular weight excluding hydrogens is 278 g/mol. The second kappa shape index (κ2) is 5.31. The number of nitriles is 1. The van der Waals surface area contributed by atoms with Gasteiger partial charge in [-0.2, -0.15) is 5.26 Å². The molecule has 0 unspecified atom stereocenters. The average molecular weight is 295 g/mol. The smallest absolute Gasteiger partial charge is 0.139 e. The van der Waals surface area contributed by atoms with Crippen molar-refractivity contribution in [2.24, 2.45) is 0 Å². The van der Waals surface area contributed by atoms with Crippen molar-refractivity contribution in [2.45, 2.75) is 6.42 Å². The second-order valence-electron chi connectivity index (χ2n) is 5.52. The van der Waals surface area contributed by atoms with E-state index in [0.717, 1.165) is 54.8 Å². The summed E-state index contributed by atoms with van der Waals surface area (Å²) in [4.78, 5) is 14.4. The van der Waals surface area contributed by atoms with Gasteiger partial charge in [0.2, 0.25) is 0 Å². The summed E-state index contributed by atoms with van der Waals surface area (Å²) in [5.74, 6) is 0. The summed E-state index contributed by atoms with van der Waals surface area (Å²) < 4.78 is 2.15. The molecule has 1 aliphatic rings. The molecule has 112 valence electrons. The van der Waals surface area contributed by atoms with Crippen LogP contribution in [-0.2, 0) is 0 Å². The third-order valence-corrected chi connectivity index (χ3v) is 4.27. The number of nitrogens with zero attached hydrogens (tertiary/aromatic N) is 6. The number of fused-ring (bicyclic) bond motifs is 3. The van der Waals surface area contributed by atoms with Crippen LogP contribution in [0, 0.1) is 11.3 Å². The van der Waals surface area contributed by atoms with Crippen molar-refractivity contribution in [1.82, 2.24) is 24.5 Å². The van der Waals surface area contributed by atoms with Gasteiger partial charge in [-0.3, -0.25) is 4.90 Å². The maximum Gasteiger partial charge on any atom is 0.139 e. The standard InChI is InChI=1S/C15H17N7/c16-3-1-5-20-6-8-21(9-7-20)22-11-19-13-10-18-15-12(14(13)22)2-4-17-15/h2,4,10-11H,1,5-9H2,(H,17,18). The van der Waals surface area contributed by atoms with Crippen LogP contribution in [0.4, 0.5) is 0 Å². The minimum Gasteiger partial charge on any atom is -0.346 e. The zero-order valence-corrected chi connectivity index (χ0v) is 12.2. The van der Waals surface area contributed by atoms with E-state index in [-0.39, 0.29) is 0 Å². The minimum atomic E-state index is 0.601. The lowest BCUT2D eigenvalue weighted by Gasteiger charge is -2.36. The number of piperazine rings is 1. The third kappa shape index (κ3) is 2.09. The molecule has 1 aliphatic heterocycles. The molecule has 3 aromatic rings. The van der Waals surface area contributed by atoms with Crippen LogP contribution in [0.1, 0.15) is 6.42 Å². The first-order chi connectivity index (χ1) is 10.9. The quantitative estimate of drug-likeness (QED) is 0.782. The van der Waals surface area contributed by atoms with Crippen molar-refractivity contribution in [3.8, 4) is 6.07 Å². The van der Waals surface area contributed by atoms with Crippen molar-refractivity contribution < 1.29 is 0 Å². The van der Waals surface area contributed by atoms with Gasteiger partial charge < -0.3 is 9.99 Å². The summed E-state index contributed by atoms with van der Waals surface area (Å²) in [5.41, 5.74) is 2.91. The molecule has 7 heteroatoms. The maximum atomic E-state index is 8.69. The molecule has 0 saturated carbocycles. The Hall–Kier alpha value is -2.59. The summed E-state index contributed by atoms with van der Waals surface area (Å²) in [6.45, 7) is 4.68. The summed E-state index contributed by atoms with van der Waals surface area (Å²) in [7, 11) is 0. The van der Waals surface area contributed by atoms with Crippen LogP contribution in [0.25, 0.3) is 22.1 Å². The van der Waals surface area contributed by atoms with Gasteiger partial charge in [-0.1, -0.05) is 0 Å². The van der Waals surface area contributed by atoms with Gasteiger partial charge in [-0.25, -0.2) is 14.6 Å². The number of nitrogens with one attached hydrogen (secondary N) is 1. The van der Waals surface area contributed by atoms with E-state index < -0.39 is 0 Å². The van der Waals surface area contributed by atoms with Crippen molar-refractivity contribution in [1.29, 1.82) is 5.26 Å². The Kier molecular flexibility index (Phi) is 3.16. The molecule has 1 saturated heterocycles. The Bertz CT molecular complexity index is 832. The monoisotopic (exact) mass is 295 g/mol. The predicted octanol–water partition coefficient (Wildman–Crippen LogP) is 1.08. The highest BCUT2D eigenvalue weighted by atomic mass is 15.6. The molecule has 0 atom stereocenters. The number of aromatic amines is 1. The molecule has 3 aromatic heterocycles. The highest BCUT2D eigenvalue weighted by molar-refractivity contribution is 6.01. The van der Waals surface area contributed by atoms with E-state index in [0.29, 0.717) is 6.42 Å². The first kappa shape index (κ1) is 13.1. The molecule has 1 N–H and O–H groups in total. The van der Waals surface area contributed by atoms with Gasteiger partial charge in [0, 0.05) is 50.7 Å². The molecule has 0 aromatic carbocycles. The molecule has 0 spiro atoms. The van der Waals surface area contributed by atoms with E-state index in [4.69, 9.17) is 5.26 Å². The van der Waals surface area contributed by atoms with Gasteiger partial charge in [0.05, 0.1) is 12.3 Å². The van der Waals surface area contributed by atoms with Crippen molar-refractivity contribution in [2.75, 3.05) is 37.7 Å². The lowest BCUT2D eigenvalue weighted by atomic mass is 10.3. The number of aromatic nitrogens is 4. The average Bonchev–Trinajstić information content (AvgIpc) is 3.19. The van der Waals surface area contributed by atoms with Crippen molar-refractivity contribution in [3.05, 3.63) is 24.8 Å². The molecule has 1 fully saturated rings. The van der Waals surface area contributed by atoms with Crippen LogP contribution in [0.3, 0.4) is 0 Å². The predicted molar refractivity (Wildman–Crippen MR) is 84.0 cm³/mol. The molecule has 0 aliphatic carbocycles. The molecular formula is C15H17N7. The van der Waals surface area contributed by atoms with Crippen molar-refractivity contribution in [3.63, 3.8) is 0 Å². The highest BCUT2D eigenvalue weighted by Gasteiger charge is 2.19. The zero-order valence-electron chi connectivity index (χ0n) is 12.2. The Morgan fingerprint density at radius 1 is 1.23 bits per heavy atom. The van der Waals surface area contributed by atoms with Gasteiger partial charge in [-0.05, 0) is 6.07 Å². The first-order valence-corrected chi connectivity index (χ1v) is 7.50. The van der Waals surface area contributed by atoms with Crippen LogP contribution in [0.5, 0.6) is 0 Å². The summed E-state index contributed by atoms with van der Waals surface area (Å²) in [6.07, 6.45) is 6.20. The van der Waals surface area contributed by atoms with E-state index in [9.17, 15) is 0 Å². The molecule has 7 nitrogen and oxygen atoms in total. The van der Waals surface area contributed by atoms with E-state index in [1.165, 1.54) is 0 Å². The van der Waals surface area contributed by atoms with Gasteiger partial charge in [0.1, 0.15) is 23.0 Å². The van der Waals surface area contributed by atoms with Crippen LogP contribution in [0.2, 0.25) is 0 Å². The van der Waals surface area contributed by atoms with Gasteiger partial charge >= 0.3 is 0 Å². The molecule has 0 amide bonds. The van der Waals surface area contributed by atoms with Crippen LogP contribution >= 0.6 is 0 Å². The summed E-state index contributed by atoms with van der Waals surface area (Å²) in [5, 5.41) is 12.1. The minimum absolute atomic E-state index is 0.601. The largest absolute Gasteiger partial charge is 0.346 e. The molecule has 4 rings (SSSR count). The fraction of sp³-hybridized carbons (Fsp3) is 0.400. The van der Waals surface area contributed by atoms with Gasteiger partial charge in [0.15, 0.2) is 0 Å². The Balaban J connectivity index is 1.62. The second-order valence-corrected chi connectivity index (χ2v) is 5.52. The summed E-state index contributed by atoms with van der Waals surface area (Å²) in [6, 6.07) is 4.26. The topological polar surface area (TPSA) is 76.8 Å². The van der Waals surface area contributed by atoms with Crippen LogP contribution in [0.15, 0.2) is 24.8 Å². The fourth-order valence-corrected chi connectivity index (χ4v) is 3.09. The van der Waals surface area contributed by atoms with Crippen molar-refractivity contribution >= 4 is 22.1 Å². The van der Waals surface area contributed by atoms with E-state index in [1.807, 2.05) is 24.8 Å². The Morgan fingerprint density at radius 2 is 2.09 bits per heavy atom. The highest BCUT2D eigenvalue weighted by Crippen LogP contribution is 2.22. The Labute approximate surface area is 127 Å². The van der Waals surface area contributed by atoms with E-state index >= 15 is 0 Å². The lowest BCUT2D eigenvalue weighted by Crippen LogP contribution is -2.51. The number of rotatable bonds is 3. The first-order valence-electron chi connectivity index (χ1n) is 7.50. The molecule has 22 heavy (non-hydrogen) atoms. The lowest BCUT2D eigenvalue weighted by molar-refractivity contribution is 0.246. The van der Waals surface area contributed by atoms with E-state index in [1.54, 1.807) is 0 Å². The maximum absolute atomic E-state index is 8.69. The third-order valence-electron chi connectivity index (χ3n) is 4.27. The number of hydrogen-bond donors (Lipinski definition) is 1. The van der Waals surface area contributed by atoms with Gasteiger partial charge in [0.25, 0.3) is 0 Å². The number of imidazole rings is 1. The van der Waals surface area contributed by atoms with Gasteiger partial charge in [-0.15, -0.1) is 0 Å². The fourth-order valence-electron chi connectivity index (χ4n) is 3.09. The zero-order chi connectivity index (χ0) is 14.9. The molecule has 0 bridgehead atoms. The summed E-state index contributed by atoms with van der Waals surface area (Å²) >= 11 is 0. The normalized spacial score (nSPS) is 16.4. The molecule has 4 heterocycles. The van der Waals surface area contributed by atoms with Crippen LogP contribution < -0.4 is 5.01 Å². The Morgan fingerprint density at radius 3 is 2.91 bits per heavy atom.